The van der Waals surface area contributed by atoms with Crippen molar-refractivity contribution >= 4 is 41.0 Å². The largest absolute Gasteiger partial charge is 0.481 e. The number of carbonyl (C=O) groups excluding carboxylic acids is 2. The Hall–Kier alpha value is -4.18. The van der Waals surface area contributed by atoms with Gasteiger partial charge in [0, 0.05) is 37.3 Å². The second-order valence-corrected chi connectivity index (χ2v) is 10.6. The summed E-state index contributed by atoms with van der Waals surface area (Å²) < 4.78 is 0. The summed E-state index contributed by atoms with van der Waals surface area (Å²) in [5, 5.41) is 18.2. The number of hydrogen-bond donors (Lipinski definition) is 4. The van der Waals surface area contributed by atoms with Gasteiger partial charge in [-0.1, -0.05) is 66.9 Å². The molecular weight excluding hydrogens is 544 g/mol. The third-order valence-corrected chi connectivity index (χ3v) is 7.20. The van der Waals surface area contributed by atoms with Crippen molar-refractivity contribution in [2.75, 3.05) is 30.4 Å². The Kier molecular flexibility index (Phi) is 10.5. The zero-order valence-electron chi connectivity index (χ0n) is 23.0. The van der Waals surface area contributed by atoms with E-state index in [1.54, 1.807) is 24.1 Å². The standard InChI is InChI=1S/C30H35ClN6O4/c1-37(19-26(38)33-22-9-5-6-10-22)29-24(18-27(39)40)28(31)35-25(36-29)17-21-11-13-23(14-12-21)34-30(41)32-16-15-20-7-3-2-4-8-20/h2-4,7-8,11-14,22H,5-6,9-10,15-19H2,1H3,(H,33,38)(H,39,40)(H2,32,34,41). The molecule has 216 valence electrons. The number of anilines is 2. The lowest BCUT2D eigenvalue weighted by Crippen LogP contribution is -2.40. The van der Waals surface area contributed by atoms with Crippen molar-refractivity contribution < 1.29 is 19.5 Å². The Morgan fingerprint density at radius 1 is 1.00 bits per heavy atom. The van der Waals surface area contributed by atoms with Gasteiger partial charge in [-0.05, 0) is 42.5 Å². The van der Waals surface area contributed by atoms with Gasteiger partial charge in [0.2, 0.25) is 5.91 Å². The molecule has 1 heterocycles. The number of aliphatic carboxylic acids is 1. The van der Waals surface area contributed by atoms with Crippen LogP contribution in [0.5, 0.6) is 0 Å². The lowest BCUT2D eigenvalue weighted by atomic mass is 10.1. The molecule has 0 spiro atoms. The Bertz CT molecular complexity index is 1350. The van der Waals surface area contributed by atoms with Crippen LogP contribution in [-0.4, -0.2) is 59.2 Å². The number of likely N-dealkylation sites (N-methyl/N-ethyl adjacent to an activating group) is 1. The van der Waals surface area contributed by atoms with Gasteiger partial charge in [0.05, 0.1) is 13.0 Å². The average molecular weight is 579 g/mol. The van der Waals surface area contributed by atoms with Crippen molar-refractivity contribution in [1.29, 1.82) is 0 Å². The van der Waals surface area contributed by atoms with E-state index < -0.39 is 5.97 Å². The lowest BCUT2D eigenvalue weighted by molar-refractivity contribution is -0.136. The van der Waals surface area contributed by atoms with Crippen LogP contribution in [0.15, 0.2) is 54.6 Å². The summed E-state index contributed by atoms with van der Waals surface area (Å²) in [5.74, 6) is -0.513. The van der Waals surface area contributed by atoms with Crippen molar-refractivity contribution in [1.82, 2.24) is 20.6 Å². The molecule has 1 fully saturated rings. The Morgan fingerprint density at radius 2 is 1.71 bits per heavy atom. The molecule has 0 saturated heterocycles. The number of benzene rings is 2. The van der Waals surface area contributed by atoms with Crippen LogP contribution >= 0.6 is 11.6 Å². The molecule has 0 unspecified atom stereocenters. The van der Waals surface area contributed by atoms with E-state index in [1.807, 2.05) is 42.5 Å². The molecule has 1 aromatic heterocycles. The van der Waals surface area contributed by atoms with Crippen molar-refractivity contribution in [2.45, 2.75) is 51.0 Å². The first-order valence-electron chi connectivity index (χ1n) is 13.7. The number of carboxylic acids is 1. The molecular formula is C30H35ClN6O4. The first-order chi connectivity index (χ1) is 19.8. The summed E-state index contributed by atoms with van der Waals surface area (Å²) in [7, 11) is 1.69. The summed E-state index contributed by atoms with van der Waals surface area (Å²) in [4.78, 5) is 47.0. The van der Waals surface area contributed by atoms with Crippen LogP contribution in [0.3, 0.4) is 0 Å². The smallest absolute Gasteiger partial charge is 0.319 e. The Balaban J connectivity index is 1.38. The van der Waals surface area contributed by atoms with Gasteiger partial charge >= 0.3 is 12.0 Å². The number of aromatic nitrogens is 2. The highest BCUT2D eigenvalue weighted by Gasteiger charge is 2.22. The van der Waals surface area contributed by atoms with Crippen molar-refractivity contribution in [3.63, 3.8) is 0 Å². The fraction of sp³-hybridized carbons (Fsp3) is 0.367. The van der Waals surface area contributed by atoms with Crippen LogP contribution in [0.1, 0.15) is 48.2 Å². The molecule has 4 N–H and O–H groups in total. The van der Waals surface area contributed by atoms with E-state index in [0.717, 1.165) is 43.2 Å². The summed E-state index contributed by atoms with van der Waals surface area (Å²) in [6.45, 7) is 0.534. The highest BCUT2D eigenvalue weighted by molar-refractivity contribution is 6.30. The van der Waals surface area contributed by atoms with Gasteiger partial charge in [0.25, 0.3) is 0 Å². The molecule has 1 saturated carbocycles. The van der Waals surface area contributed by atoms with Gasteiger partial charge in [-0.3, -0.25) is 9.59 Å². The molecule has 3 amide bonds. The molecule has 1 aliphatic carbocycles. The minimum absolute atomic E-state index is 0.0175. The maximum atomic E-state index is 12.6. The average Bonchev–Trinajstić information content (AvgIpc) is 3.44. The van der Waals surface area contributed by atoms with E-state index in [2.05, 4.69) is 25.9 Å². The van der Waals surface area contributed by atoms with Gasteiger partial charge in [0.15, 0.2) is 0 Å². The lowest BCUT2D eigenvalue weighted by Gasteiger charge is -2.22. The van der Waals surface area contributed by atoms with Crippen LogP contribution in [0.4, 0.5) is 16.3 Å². The number of carboxylic acid groups (broad SMARTS) is 1. The number of hydrogen-bond acceptors (Lipinski definition) is 6. The molecule has 0 atom stereocenters. The molecule has 0 bridgehead atoms. The highest BCUT2D eigenvalue weighted by atomic mass is 35.5. The third-order valence-electron chi connectivity index (χ3n) is 6.89. The van der Waals surface area contributed by atoms with E-state index >= 15 is 0 Å². The molecule has 0 aliphatic heterocycles. The monoisotopic (exact) mass is 578 g/mol. The molecule has 1 aliphatic rings. The second-order valence-electron chi connectivity index (χ2n) is 10.2. The van der Waals surface area contributed by atoms with Gasteiger partial charge in [0.1, 0.15) is 16.8 Å². The minimum atomic E-state index is -1.07. The molecule has 11 heteroatoms. The first-order valence-corrected chi connectivity index (χ1v) is 14.1. The zero-order valence-corrected chi connectivity index (χ0v) is 23.8. The maximum absolute atomic E-state index is 12.6. The van der Waals surface area contributed by atoms with Crippen LogP contribution in [-0.2, 0) is 28.9 Å². The minimum Gasteiger partial charge on any atom is -0.481 e. The van der Waals surface area contributed by atoms with Crippen LogP contribution < -0.4 is 20.9 Å². The van der Waals surface area contributed by atoms with Gasteiger partial charge < -0.3 is 26.0 Å². The number of nitrogens with zero attached hydrogens (tertiary/aromatic N) is 3. The third kappa shape index (κ3) is 9.18. The number of rotatable bonds is 12. The van der Waals surface area contributed by atoms with Crippen molar-refractivity contribution in [3.05, 3.63) is 82.3 Å². The normalized spacial score (nSPS) is 13.0. The van der Waals surface area contributed by atoms with Gasteiger partial charge in [-0.25, -0.2) is 14.8 Å². The van der Waals surface area contributed by atoms with Crippen LogP contribution in [0.2, 0.25) is 5.15 Å². The quantitative estimate of drug-likeness (QED) is 0.236. The van der Waals surface area contributed by atoms with Crippen LogP contribution in [0.25, 0.3) is 0 Å². The van der Waals surface area contributed by atoms with E-state index in [4.69, 9.17) is 11.6 Å². The Labute approximate surface area is 244 Å². The fourth-order valence-electron chi connectivity index (χ4n) is 4.85. The summed E-state index contributed by atoms with van der Waals surface area (Å²) in [6.07, 6.45) is 4.85. The number of amides is 3. The van der Waals surface area contributed by atoms with E-state index in [1.165, 1.54) is 0 Å². The van der Waals surface area contributed by atoms with Gasteiger partial charge in [-0.2, -0.15) is 0 Å². The summed E-state index contributed by atoms with van der Waals surface area (Å²) in [6, 6.07) is 17.1. The summed E-state index contributed by atoms with van der Waals surface area (Å²) >= 11 is 6.43. The van der Waals surface area contributed by atoms with E-state index in [0.29, 0.717) is 30.3 Å². The number of halogens is 1. The molecule has 4 rings (SSSR count). The van der Waals surface area contributed by atoms with E-state index in [9.17, 15) is 19.5 Å². The summed E-state index contributed by atoms with van der Waals surface area (Å²) in [5.41, 5.74) is 2.92. The highest BCUT2D eigenvalue weighted by Crippen LogP contribution is 2.26. The molecule has 41 heavy (non-hydrogen) atoms. The van der Waals surface area contributed by atoms with Crippen LogP contribution in [0, 0.1) is 0 Å². The molecule has 10 nitrogen and oxygen atoms in total. The second kappa shape index (κ2) is 14.5. The van der Waals surface area contributed by atoms with E-state index in [-0.39, 0.29) is 41.7 Å². The SMILES string of the molecule is CN(CC(=O)NC1CCCC1)c1nc(Cc2ccc(NC(=O)NCCc3ccccc3)cc2)nc(Cl)c1CC(=O)O. The van der Waals surface area contributed by atoms with Crippen molar-refractivity contribution in [2.24, 2.45) is 0 Å². The molecule has 0 radical (unpaired) electrons. The van der Waals surface area contributed by atoms with Crippen molar-refractivity contribution in [3.8, 4) is 0 Å². The predicted octanol–water partition coefficient (Wildman–Crippen LogP) is 4.21. The molecule has 3 aromatic rings. The number of nitrogens with one attached hydrogen (secondary N) is 3. The number of carbonyl (C=O) groups is 3. The topological polar surface area (TPSA) is 137 Å². The van der Waals surface area contributed by atoms with Gasteiger partial charge in [-0.15, -0.1) is 0 Å². The first kappa shape index (κ1) is 29.8. The number of urea groups is 1. The zero-order chi connectivity index (χ0) is 29.2. The Morgan fingerprint density at radius 3 is 2.39 bits per heavy atom. The maximum Gasteiger partial charge on any atom is 0.319 e. The fourth-order valence-corrected chi connectivity index (χ4v) is 5.10. The predicted molar refractivity (Wildman–Crippen MR) is 158 cm³/mol. The molecule has 2 aromatic carbocycles.